The van der Waals surface area contributed by atoms with Gasteiger partial charge in [-0.05, 0) is 56.2 Å². The van der Waals surface area contributed by atoms with Gasteiger partial charge in [0.2, 0.25) is 5.91 Å². The molecule has 1 saturated heterocycles. The zero-order chi connectivity index (χ0) is 17.9. The van der Waals surface area contributed by atoms with Gasteiger partial charge in [-0.2, -0.15) is 0 Å². The van der Waals surface area contributed by atoms with E-state index in [-0.39, 0.29) is 5.91 Å². The maximum absolute atomic E-state index is 12.2. The molecule has 0 N–H and O–H groups in total. The quantitative estimate of drug-likeness (QED) is 0.760. The van der Waals surface area contributed by atoms with Crippen LogP contribution >= 0.6 is 0 Å². The van der Waals surface area contributed by atoms with Crippen molar-refractivity contribution in [2.75, 3.05) is 18.0 Å². The number of amides is 1. The molecule has 3 aliphatic rings. The summed E-state index contributed by atoms with van der Waals surface area (Å²) < 4.78 is 0. The number of likely N-dealkylation sites (tertiary alicyclic amines) is 1. The van der Waals surface area contributed by atoms with Crippen LogP contribution in [-0.2, 0) is 4.79 Å². The summed E-state index contributed by atoms with van der Waals surface area (Å²) in [6, 6.07) is 9.92. The number of hydrogen-bond acceptors (Lipinski definition) is 2. The SMILES string of the molecule is CC(=O)N(c1ccc(C=C2CCN(C3CCC3)CC2)cc1)C1CCCC1. The van der Waals surface area contributed by atoms with Gasteiger partial charge in [0.25, 0.3) is 0 Å². The number of hydrogen-bond donors (Lipinski definition) is 0. The van der Waals surface area contributed by atoms with Crippen molar-refractivity contribution in [2.24, 2.45) is 0 Å². The Hall–Kier alpha value is -1.61. The van der Waals surface area contributed by atoms with E-state index in [0.29, 0.717) is 6.04 Å². The Morgan fingerprint density at radius 3 is 2.19 bits per heavy atom. The fraction of sp³-hybridized carbons (Fsp3) is 0.609. The van der Waals surface area contributed by atoms with Gasteiger partial charge in [0.05, 0.1) is 0 Å². The molecule has 3 nitrogen and oxygen atoms in total. The average Bonchev–Trinajstić information content (AvgIpc) is 3.10. The molecule has 1 aromatic rings. The molecule has 3 heteroatoms. The lowest BCUT2D eigenvalue weighted by Crippen LogP contribution is -2.43. The van der Waals surface area contributed by atoms with E-state index < -0.39 is 0 Å². The van der Waals surface area contributed by atoms with Crippen molar-refractivity contribution in [3.8, 4) is 0 Å². The Balaban J connectivity index is 1.40. The van der Waals surface area contributed by atoms with Crippen LogP contribution in [0.15, 0.2) is 29.8 Å². The number of nitrogens with zero attached hydrogens (tertiary/aromatic N) is 2. The van der Waals surface area contributed by atoms with Crippen LogP contribution in [0.5, 0.6) is 0 Å². The van der Waals surface area contributed by atoms with E-state index in [0.717, 1.165) is 24.6 Å². The molecular weight excluding hydrogens is 320 g/mol. The molecule has 0 bridgehead atoms. The summed E-state index contributed by atoms with van der Waals surface area (Å²) in [6.07, 6.45) is 13.8. The molecule has 26 heavy (non-hydrogen) atoms. The van der Waals surface area contributed by atoms with Gasteiger partial charge in [-0.15, -0.1) is 0 Å². The van der Waals surface area contributed by atoms with Gasteiger partial charge in [0, 0.05) is 37.8 Å². The van der Waals surface area contributed by atoms with Gasteiger partial charge in [-0.3, -0.25) is 9.69 Å². The van der Waals surface area contributed by atoms with Crippen LogP contribution in [-0.4, -0.2) is 36.0 Å². The molecule has 1 aromatic carbocycles. The van der Waals surface area contributed by atoms with E-state index in [4.69, 9.17) is 0 Å². The molecule has 2 aliphatic carbocycles. The summed E-state index contributed by atoms with van der Waals surface area (Å²) in [5.41, 5.74) is 3.91. The first-order chi connectivity index (χ1) is 12.7. The first-order valence-electron chi connectivity index (χ1n) is 10.5. The van der Waals surface area contributed by atoms with Crippen LogP contribution in [0.1, 0.15) is 70.3 Å². The van der Waals surface area contributed by atoms with Gasteiger partial charge in [-0.25, -0.2) is 0 Å². The smallest absolute Gasteiger partial charge is 0.224 e. The number of benzene rings is 1. The van der Waals surface area contributed by atoms with Crippen LogP contribution in [0.3, 0.4) is 0 Å². The number of carbonyl (C=O) groups excluding carboxylic acids is 1. The first kappa shape index (κ1) is 17.8. The number of rotatable bonds is 4. The average molecular weight is 353 g/mol. The molecule has 0 aromatic heterocycles. The van der Waals surface area contributed by atoms with E-state index in [1.54, 1.807) is 12.5 Å². The third-order valence-electron chi connectivity index (χ3n) is 6.60. The Morgan fingerprint density at radius 2 is 1.65 bits per heavy atom. The zero-order valence-electron chi connectivity index (χ0n) is 16.1. The summed E-state index contributed by atoms with van der Waals surface area (Å²) in [7, 11) is 0. The van der Waals surface area contributed by atoms with E-state index in [9.17, 15) is 4.79 Å². The second kappa shape index (κ2) is 7.96. The highest BCUT2D eigenvalue weighted by molar-refractivity contribution is 5.92. The zero-order valence-corrected chi connectivity index (χ0v) is 16.1. The van der Waals surface area contributed by atoms with Crippen molar-refractivity contribution in [1.29, 1.82) is 0 Å². The van der Waals surface area contributed by atoms with E-state index in [2.05, 4.69) is 35.2 Å². The number of carbonyl (C=O) groups is 1. The van der Waals surface area contributed by atoms with Gasteiger partial charge in [0.1, 0.15) is 0 Å². The van der Waals surface area contributed by atoms with Crippen LogP contribution in [0.4, 0.5) is 5.69 Å². The van der Waals surface area contributed by atoms with Crippen molar-refractivity contribution < 1.29 is 4.79 Å². The Morgan fingerprint density at radius 1 is 1.00 bits per heavy atom. The van der Waals surface area contributed by atoms with Crippen molar-refractivity contribution >= 4 is 17.7 Å². The Bertz CT molecular complexity index is 643. The lowest BCUT2D eigenvalue weighted by atomic mass is 9.89. The second-order valence-electron chi connectivity index (χ2n) is 8.34. The summed E-state index contributed by atoms with van der Waals surface area (Å²) in [5.74, 6) is 0.173. The number of piperidine rings is 1. The third-order valence-corrected chi connectivity index (χ3v) is 6.60. The molecule has 0 radical (unpaired) electrons. The van der Waals surface area contributed by atoms with E-state index >= 15 is 0 Å². The summed E-state index contributed by atoms with van der Waals surface area (Å²) in [5, 5.41) is 0. The minimum Gasteiger partial charge on any atom is -0.310 e. The summed E-state index contributed by atoms with van der Waals surface area (Å²) in [4.78, 5) is 16.9. The summed E-state index contributed by atoms with van der Waals surface area (Å²) >= 11 is 0. The highest BCUT2D eigenvalue weighted by Gasteiger charge is 2.27. The molecule has 140 valence electrons. The molecule has 0 atom stereocenters. The predicted molar refractivity (Wildman–Crippen MR) is 108 cm³/mol. The van der Waals surface area contributed by atoms with Crippen LogP contribution in [0, 0.1) is 0 Å². The normalized spacial score (nSPS) is 22.3. The van der Waals surface area contributed by atoms with Crippen LogP contribution in [0.2, 0.25) is 0 Å². The van der Waals surface area contributed by atoms with Crippen molar-refractivity contribution in [3.05, 3.63) is 35.4 Å². The highest BCUT2D eigenvalue weighted by atomic mass is 16.2. The fourth-order valence-electron chi connectivity index (χ4n) is 4.85. The minimum absolute atomic E-state index is 0.173. The van der Waals surface area contributed by atoms with E-state index in [1.165, 1.54) is 63.6 Å². The van der Waals surface area contributed by atoms with Gasteiger partial charge < -0.3 is 4.90 Å². The van der Waals surface area contributed by atoms with Crippen molar-refractivity contribution in [2.45, 2.75) is 76.8 Å². The van der Waals surface area contributed by atoms with Gasteiger partial charge in [-0.1, -0.05) is 43.0 Å². The monoisotopic (exact) mass is 352 g/mol. The van der Waals surface area contributed by atoms with Crippen LogP contribution < -0.4 is 4.90 Å². The van der Waals surface area contributed by atoms with Crippen molar-refractivity contribution in [1.82, 2.24) is 4.90 Å². The molecule has 1 heterocycles. The van der Waals surface area contributed by atoms with Gasteiger partial charge >= 0.3 is 0 Å². The molecule has 4 rings (SSSR count). The topological polar surface area (TPSA) is 23.6 Å². The fourth-order valence-corrected chi connectivity index (χ4v) is 4.85. The molecule has 2 saturated carbocycles. The Labute approximate surface area is 158 Å². The minimum atomic E-state index is 0.173. The third kappa shape index (κ3) is 3.88. The Kier molecular flexibility index (Phi) is 5.44. The molecular formula is C23H32N2O. The van der Waals surface area contributed by atoms with Crippen LogP contribution in [0.25, 0.3) is 6.08 Å². The van der Waals surface area contributed by atoms with E-state index in [1.807, 2.05) is 4.90 Å². The molecule has 3 fully saturated rings. The second-order valence-corrected chi connectivity index (χ2v) is 8.34. The standard InChI is InChI=1S/C23H32N2O/c1-18(26)25(22-5-2-3-6-22)23-11-9-19(10-12-23)17-20-13-15-24(16-14-20)21-7-4-8-21/h9-12,17,21-22H,2-8,13-16H2,1H3. The lowest BCUT2D eigenvalue weighted by molar-refractivity contribution is -0.117. The summed E-state index contributed by atoms with van der Waals surface area (Å²) in [6.45, 7) is 4.16. The van der Waals surface area contributed by atoms with Gasteiger partial charge in [0.15, 0.2) is 0 Å². The predicted octanol–water partition coefficient (Wildman–Crippen LogP) is 5.01. The lowest BCUT2D eigenvalue weighted by Gasteiger charge is -2.40. The number of anilines is 1. The molecule has 1 aliphatic heterocycles. The molecule has 1 amide bonds. The maximum atomic E-state index is 12.2. The highest BCUT2D eigenvalue weighted by Crippen LogP contribution is 2.31. The molecule has 0 spiro atoms. The maximum Gasteiger partial charge on any atom is 0.224 e. The van der Waals surface area contributed by atoms with Crippen molar-refractivity contribution in [3.63, 3.8) is 0 Å². The first-order valence-corrected chi connectivity index (χ1v) is 10.5. The molecule has 0 unspecified atom stereocenters. The largest absolute Gasteiger partial charge is 0.310 e.